The van der Waals surface area contributed by atoms with E-state index in [1.807, 2.05) is 23.7 Å². The van der Waals surface area contributed by atoms with Crippen LogP contribution in [0.5, 0.6) is 0 Å². The molecule has 3 heterocycles. The molecule has 2 aromatic heterocycles. The second-order valence-electron chi connectivity index (χ2n) is 7.55. The number of carbonyl (C=O) groups is 2. The highest BCUT2D eigenvalue weighted by Crippen LogP contribution is 2.35. The van der Waals surface area contributed by atoms with Crippen molar-refractivity contribution in [3.63, 3.8) is 0 Å². The van der Waals surface area contributed by atoms with Crippen LogP contribution in [0.1, 0.15) is 20.7 Å². The first-order valence-electron chi connectivity index (χ1n) is 10.4. The molecule has 0 N–H and O–H groups in total. The summed E-state index contributed by atoms with van der Waals surface area (Å²) in [7, 11) is 1.92. The zero-order valence-electron chi connectivity index (χ0n) is 17.7. The van der Waals surface area contributed by atoms with E-state index >= 15 is 0 Å². The Labute approximate surface area is 194 Å². The Bertz CT molecular complexity index is 1320. The van der Waals surface area contributed by atoms with Crippen LogP contribution >= 0.6 is 11.8 Å². The Morgan fingerprint density at radius 2 is 1.52 bits per heavy atom. The van der Waals surface area contributed by atoms with E-state index in [1.54, 1.807) is 48.8 Å². The largest absolute Gasteiger partial charge is 0.322 e. The molecule has 1 aliphatic heterocycles. The molecule has 6 nitrogen and oxygen atoms in total. The average Bonchev–Trinajstić information content (AvgIpc) is 3.29. The van der Waals surface area contributed by atoms with Gasteiger partial charge >= 0.3 is 0 Å². The van der Waals surface area contributed by atoms with Crippen molar-refractivity contribution in [2.24, 2.45) is 7.05 Å². The number of thioether (sulfide) groups is 1. The molecule has 4 aromatic rings. The van der Waals surface area contributed by atoms with Crippen molar-refractivity contribution in [3.05, 3.63) is 90.0 Å². The fourth-order valence-electron chi connectivity index (χ4n) is 3.93. The van der Waals surface area contributed by atoms with Gasteiger partial charge in [0, 0.05) is 42.9 Å². The van der Waals surface area contributed by atoms with Gasteiger partial charge in [-0.2, -0.15) is 0 Å². The predicted octanol–water partition coefficient (Wildman–Crippen LogP) is 4.68. The zero-order valence-corrected chi connectivity index (χ0v) is 18.6. The number of rotatable bonds is 6. The second kappa shape index (κ2) is 8.63. The van der Waals surface area contributed by atoms with Crippen molar-refractivity contribution in [2.45, 2.75) is 5.16 Å². The van der Waals surface area contributed by atoms with Crippen LogP contribution in [0, 0.1) is 5.82 Å². The van der Waals surface area contributed by atoms with Crippen LogP contribution in [0.2, 0.25) is 0 Å². The average molecular weight is 459 g/mol. The highest BCUT2D eigenvalue weighted by Gasteiger charge is 2.34. The highest BCUT2D eigenvalue weighted by atomic mass is 32.2. The van der Waals surface area contributed by atoms with Crippen LogP contribution < -0.4 is 0 Å². The second-order valence-corrected chi connectivity index (χ2v) is 8.61. The molecule has 164 valence electrons. The van der Waals surface area contributed by atoms with E-state index in [4.69, 9.17) is 4.98 Å². The van der Waals surface area contributed by atoms with Gasteiger partial charge in [-0.05, 0) is 48.5 Å². The predicted molar refractivity (Wildman–Crippen MR) is 124 cm³/mol. The third-order valence-electron chi connectivity index (χ3n) is 5.55. The number of benzene rings is 2. The van der Waals surface area contributed by atoms with Crippen LogP contribution in [0.15, 0.2) is 78.2 Å². The van der Waals surface area contributed by atoms with Gasteiger partial charge in [0.2, 0.25) is 0 Å². The lowest BCUT2D eigenvalue weighted by Crippen LogP contribution is -2.31. The number of nitrogens with zero attached hydrogens (tertiary/aromatic N) is 4. The Morgan fingerprint density at radius 3 is 2.15 bits per heavy atom. The molecule has 0 fully saturated rings. The Hall–Kier alpha value is -3.78. The maximum absolute atomic E-state index is 13.5. The van der Waals surface area contributed by atoms with Gasteiger partial charge in [0.15, 0.2) is 5.16 Å². The van der Waals surface area contributed by atoms with Gasteiger partial charge in [0.1, 0.15) is 5.82 Å². The van der Waals surface area contributed by atoms with E-state index in [9.17, 15) is 14.0 Å². The molecule has 0 saturated heterocycles. The van der Waals surface area contributed by atoms with E-state index in [0.717, 1.165) is 27.7 Å². The highest BCUT2D eigenvalue weighted by molar-refractivity contribution is 7.99. The molecular formula is C25H19FN4O2S. The number of hydrogen-bond acceptors (Lipinski definition) is 5. The summed E-state index contributed by atoms with van der Waals surface area (Å²) in [6, 6.07) is 16.9. The van der Waals surface area contributed by atoms with Gasteiger partial charge in [0.05, 0.1) is 22.5 Å². The molecule has 8 heteroatoms. The van der Waals surface area contributed by atoms with Gasteiger partial charge < -0.3 is 4.57 Å². The summed E-state index contributed by atoms with van der Waals surface area (Å²) < 4.78 is 15.5. The monoisotopic (exact) mass is 458 g/mol. The first-order chi connectivity index (χ1) is 16.0. The fraction of sp³-hybridized carbons (Fsp3) is 0.120. The summed E-state index contributed by atoms with van der Waals surface area (Å²) in [5, 5.41) is 0.734. The minimum absolute atomic E-state index is 0.263. The van der Waals surface area contributed by atoms with Crippen molar-refractivity contribution < 1.29 is 14.0 Å². The number of pyridine rings is 1. The number of imide groups is 1. The van der Waals surface area contributed by atoms with E-state index in [0.29, 0.717) is 16.9 Å². The lowest BCUT2D eigenvalue weighted by atomic mass is 10.1. The smallest absolute Gasteiger partial charge is 0.261 e. The maximum Gasteiger partial charge on any atom is 0.261 e. The third-order valence-corrected chi connectivity index (χ3v) is 6.56. The van der Waals surface area contributed by atoms with Crippen molar-refractivity contribution >= 4 is 23.6 Å². The Kier molecular flexibility index (Phi) is 5.51. The number of aromatic nitrogens is 3. The summed E-state index contributed by atoms with van der Waals surface area (Å²) in [5.41, 5.74) is 4.24. The SMILES string of the molecule is Cn1c(SCCN2C(=O)c3ccccc3C2=O)nc(-c2ccc(F)cc2)c1-c1ccncc1. The van der Waals surface area contributed by atoms with Gasteiger partial charge in [-0.1, -0.05) is 23.9 Å². The summed E-state index contributed by atoms with van der Waals surface area (Å²) in [5.74, 6) is -0.341. The maximum atomic E-state index is 13.5. The Balaban J connectivity index is 1.41. The van der Waals surface area contributed by atoms with Crippen LogP contribution in [-0.2, 0) is 7.05 Å². The number of amides is 2. The molecule has 0 aliphatic carbocycles. The van der Waals surface area contributed by atoms with Gasteiger partial charge in [-0.3, -0.25) is 19.5 Å². The van der Waals surface area contributed by atoms with Gasteiger partial charge in [0.25, 0.3) is 11.8 Å². The first-order valence-corrected chi connectivity index (χ1v) is 11.3. The lowest BCUT2D eigenvalue weighted by molar-refractivity contribution is 0.0664. The molecule has 0 bridgehead atoms. The first kappa shape index (κ1) is 21.1. The van der Waals surface area contributed by atoms with Crippen molar-refractivity contribution in [1.82, 2.24) is 19.4 Å². The minimum Gasteiger partial charge on any atom is -0.322 e. The third kappa shape index (κ3) is 3.82. The molecule has 5 rings (SSSR count). The summed E-state index contributed by atoms with van der Waals surface area (Å²) >= 11 is 1.46. The fourth-order valence-corrected chi connectivity index (χ4v) is 4.82. The standard InChI is InChI=1S/C25H19FN4O2S/c1-29-22(17-10-12-27-13-11-17)21(16-6-8-18(26)9-7-16)28-25(29)33-15-14-30-23(31)19-4-2-3-5-20(19)24(30)32/h2-13H,14-15H2,1H3. The quantitative estimate of drug-likeness (QED) is 0.310. The molecule has 0 atom stereocenters. The number of fused-ring (bicyclic) bond motifs is 1. The van der Waals surface area contributed by atoms with Gasteiger partial charge in [-0.25, -0.2) is 9.37 Å². The normalized spacial score (nSPS) is 13.0. The molecule has 0 radical (unpaired) electrons. The molecule has 0 spiro atoms. The summed E-state index contributed by atoms with van der Waals surface area (Å²) in [4.78, 5) is 35.4. The van der Waals surface area contributed by atoms with E-state index in [1.165, 1.54) is 28.8 Å². The van der Waals surface area contributed by atoms with Crippen molar-refractivity contribution in [2.75, 3.05) is 12.3 Å². The number of carbonyl (C=O) groups excluding carboxylic acids is 2. The van der Waals surface area contributed by atoms with Crippen molar-refractivity contribution in [1.29, 1.82) is 0 Å². The van der Waals surface area contributed by atoms with Crippen molar-refractivity contribution in [3.8, 4) is 22.5 Å². The van der Waals surface area contributed by atoms with Crippen LogP contribution in [0.25, 0.3) is 22.5 Å². The molecular weight excluding hydrogens is 439 g/mol. The van der Waals surface area contributed by atoms with Crippen LogP contribution in [-0.4, -0.2) is 43.5 Å². The lowest BCUT2D eigenvalue weighted by Gasteiger charge is -2.13. The molecule has 33 heavy (non-hydrogen) atoms. The topological polar surface area (TPSA) is 68.1 Å². The van der Waals surface area contributed by atoms with E-state index in [2.05, 4.69) is 4.98 Å². The van der Waals surface area contributed by atoms with Crippen LogP contribution in [0.4, 0.5) is 4.39 Å². The minimum atomic E-state index is -0.310. The zero-order chi connectivity index (χ0) is 22.9. The van der Waals surface area contributed by atoms with Gasteiger partial charge in [-0.15, -0.1) is 0 Å². The van der Waals surface area contributed by atoms with Crippen LogP contribution in [0.3, 0.4) is 0 Å². The van der Waals surface area contributed by atoms with E-state index in [-0.39, 0.29) is 24.2 Å². The number of imidazole rings is 1. The molecule has 2 amide bonds. The number of hydrogen-bond donors (Lipinski definition) is 0. The number of halogens is 1. The molecule has 0 saturated carbocycles. The Morgan fingerprint density at radius 1 is 0.879 bits per heavy atom. The molecule has 1 aliphatic rings. The van der Waals surface area contributed by atoms with E-state index < -0.39 is 0 Å². The summed E-state index contributed by atoms with van der Waals surface area (Å²) in [6.07, 6.45) is 3.43. The summed E-state index contributed by atoms with van der Waals surface area (Å²) in [6.45, 7) is 0.278. The molecule has 2 aromatic carbocycles. The molecule has 0 unspecified atom stereocenters.